The number of para-hydroxylation sites is 1. The number of esters is 1. The normalized spacial score (nSPS) is 12.7. The highest BCUT2D eigenvalue weighted by atomic mass is 19.1. The zero-order valence-electron chi connectivity index (χ0n) is 18.6. The van der Waals surface area contributed by atoms with E-state index in [2.05, 4.69) is 10.4 Å². The van der Waals surface area contributed by atoms with Crippen LogP contribution in [-0.2, 0) is 9.53 Å². The molecule has 1 amide bonds. The first kappa shape index (κ1) is 22.8. The molecule has 0 saturated heterocycles. The summed E-state index contributed by atoms with van der Waals surface area (Å²) in [6, 6.07) is 20.6. The van der Waals surface area contributed by atoms with Crippen LogP contribution in [-0.4, -0.2) is 27.8 Å². The molecule has 172 valence electrons. The Hall–Kier alpha value is -4.33. The standard InChI is InChI=1S/C26H22FN3O4/c1-16(18-12-14-19(27)15-13-18)28-24(31)17(2)34-26(33)23-21-10-6-7-11-22(21)25(32)30(29-23)20-8-4-3-5-9-20/h3-17H,1-2H3,(H,28,31)/t16-,17-/m0/s1. The third-order valence-corrected chi connectivity index (χ3v) is 5.38. The molecule has 7 nitrogen and oxygen atoms in total. The van der Waals surface area contributed by atoms with Crippen LogP contribution < -0.4 is 10.9 Å². The Morgan fingerprint density at radius 3 is 2.21 bits per heavy atom. The van der Waals surface area contributed by atoms with Gasteiger partial charge in [-0.05, 0) is 49.7 Å². The van der Waals surface area contributed by atoms with Gasteiger partial charge in [-0.15, -0.1) is 0 Å². The van der Waals surface area contributed by atoms with Crippen LogP contribution in [0.25, 0.3) is 16.5 Å². The summed E-state index contributed by atoms with van der Waals surface area (Å²) in [5, 5.41) is 7.64. The molecule has 34 heavy (non-hydrogen) atoms. The number of aromatic nitrogens is 2. The maximum absolute atomic E-state index is 13.1. The first-order chi connectivity index (χ1) is 16.3. The highest BCUT2D eigenvalue weighted by Gasteiger charge is 2.24. The Morgan fingerprint density at radius 1 is 0.912 bits per heavy atom. The largest absolute Gasteiger partial charge is 0.448 e. The van der Waals surface area contributed by atoms with Gasteiger partial charge in [-0.2, -0.15) is 9.78 Å². The topological polar surface area (TPSA) is 90.3 Å². The van der Waals surface area contributed by atoms with Crippen LogP contribution in [0.5, 0.6) is 0 Å². The zero-order chi connectivity index (χ0) is 24.2. The minimum Gasteiger partial charge on any atom is -0.448 e. The molecular weight excluding hydrogens is 437 g/mol. The number of fused-ring (bicyclic) bond motifs is 1. The van der Waals surface area contributed by atoms with E-state index in [0.29, 0.717) is 22.0 Å². The fourth-order valence-electron chi connectivity index (χ4n) is 3.52. The second-order valence-corrected chi connectivity index (χ2v) is 7.78. The smallest absolute Gasteiger partial charge is 0.360 e. The molecule has 8 heteroatoms. The van der Waals surface area contributed by atoms with E-state index in [1.54, 1.807) is 73.7 Å². The molecule has 2 atom stereocenters. The van der Waals surface area contributed by atoms with Gasteiger partial charge in [0.05, 0.1) is 17.1 Å². The summed E-state index contributed by atoms with van der Waals surface area (Å²) in [4.78, 5) is 38.6. The van der Waals surface area contributed by atoms with Crippen molar-refractivity contribution in [1.29, 1.82) is 0 Å². The first-order valence-electron chi connectivity index (χ1n) is 10.7. The monoisotopic (exact) mass is 459 g/mol. The third-order valence-electron chi connectivity index (χ3n) is 5.38. The van der Waals surface area contributed by atoms with Crippen molar-refractivity contribution < 1.29 is 18.7 Å². The van der Waals surface area contributed by atoms with Crippen LogP contribution in [0.4, 0.5) is 4.39 Å². The molecule has 0 saturated carbocycles. The van der Waals surface area contributed by atoms with Gasteiger partial charge in [0.2, 0.25) is 0 Å². The fourth-order valence-corrected chi connectivity index (χ4v) is 3.52. The van der Waals surface area contributed by atoms with Crippen LogP contribution in [0.2, 0.25) is 0 Å². The Balaban J connectivity index is 1.59. The van der Waals surface area contributed by atoms with E-state index in [4.69, 9.17) is 4.74 Å². The summed E-state index contributed by atoms with van der Waals surface area (Å²) in [7, 11) is 0. The molecule has 0 aliphatic carbocycles. The summed E-state index contributed by atoms with van der Waals surface area (Å²) in [5.41, 5.74) is 0.740. The highest BCUT2D eigenvalue weighted by Crippen LogP contribution is 2.17. The molecule has 0 unspecified atom stereocenters. The van der Waals surface area contributed by atoms with Crippen LogP contribution in [0.15, 0.2) is 83.7 Å². The SMILES string of the molecule is C[C@H](OC(=O)c1nn(-c2ccccc2)c(=O)c2ccccc12)C(=O)N[C@@H](C)c1ccc(F)cc1. The number of ether oxygens (including phenoxy) is 1. The van der Waals surface area contributed by atoms with Gasteiger partial charge < -0.3 is 10.1 Å². The average Bonchev–Trinajstić information content (AvgIpc) is 2.85. The van der Waals surface area contributed by atoms with E-state index in [1.165, 1.54) is 19.1 Å². The predicted octanol–water partition coefficient (Wildman–Crippen LogP) is 3.95. The van der Waals surface area contributed by atoms with Crippen molar-refractivity contribution in [3.63, 3.8) is 0 Å². The first-order valence-corrected chi connectivity index (χ1v) is 10.7. The molecule has 0 aliphatic rings. The zero-order valence-corrected chi connectivity index (χ0v) is 18.6. The molecule has 0 aliphatic heterocycles. The van der Waals surface area contributed by atoms with Crippen molar-refractivity contribution in [2.75, 3.05) is 0 Å². The van der Waals surface area contributed by atoms with Crippen LogP contribution in [0, 0.1) is 5.82 Å². The van der Waals surface area contributed by atoms with E-state index in [-0.39, 0.29) is 17.1 Å². The van der Waals surface area contributed by atoms with Crippen molar-refractivity contribution in [1.82, 2.24) is 15.1 Å². The number of halogens is 1. The number of rotatable bonds is 6. The second kappa shape index (κ2) is 9.66. The lowest BCUT2D eigenvalue weighted by Gasteiger charge is -2.18. The summed E-state index contributed by atoms with van der Waals surface area (Å²) in [6.45, 7) is 3.19. The molecule has 0 radical (unpaired) electrons. The summed E-state index contributed by atoms with van der Waals surface area (Å²) >= 11 is 0. The highest BCUT2D eigenvalue weighted by molar-refractivity contribution is 6.03. The van der Waals surface area contributed by atoms with Gasteiger partial charge in [0.1, 0.15) is 5.82 Å². The molecule has 3 aromatic carbocycles. The number of carbonyl (C=O) groups excluding carboxylic acids is 2. The number of benzene rings is 3. The Morgan fingerprint density at radius 2 is 1.53 bits per heavy atom. The fraction of sp³-hybridized carbons (Fsp3) is 0.154. The Labute approximate surface area is 194 Å². The van der Waals surface area contributed by atoms with Crippen molar-refractivity contribution >= 4 is 22.6 Å². The summed E-state index contributed by atoms with van der Waals surface area (Å²) in [6.07, 6.45) is -1.13. The van der Waals surface area contributed by atoms with Gasteiger partial charge in [0.15, 0.2) is 11.8 Å². The Kier molecular flexibility index (Phi) is 6.49. The van der Waals surface area contributed by atoms with Gasteiger partial charge >= 0.3 is 5.97 Å². The van der Waals surface area contributed by atoms with Crippen LogP contribution in [0.3, 0.4) is 0 Å². The van der Waals surface area contributed by atoms with Gasteiger partial charge in [0.25, 0.3) is 11.5 Å². The maximum atomic E-state index is 13.1. The van der Waals surface area contributed by atoms with Gasteiger partial charge in [-0.1, -0.05) is 48.5 Å². The third kappa shape index (κ3) is 4.71. The molecule has 4 rings (SSSR count). The van der Waals surface area contributed by atoms with Crippen LogP contribution in [0.1, 0.15) is 35.9 Å². The lowest BCUT2D eigenvalue weighted by atomic mass is 10.1. The van der Waals surface area contributed by atoms with Gasteiger partial charge in [-0.25, -0.2) is 9.18 Å². The van der Waals surface area contributed by atoms with Gasteiger partial charge in [-0.3, -0.25) is 9.59 Å². The summed E-state index contributed by atoms with van der Waals surface area (Å²) in [5.74, 6) is -1.73. The van der Waals surface area contributed by atoms with E-state index in [9.17, 15) is 18.8 Å². The van der Waals surface area contributed by atoms with Gasteiger partial charge in [0, 0.05) is 5.39 Å². The number of carbonyl (C=O) groups is 2. The van der Waals surface area contributed by atoms with Crippen LogP contribution >= 0.6 is 0 Å². The van der Waals surface area contributed by atoms with E-state index < -0.39 is 24.0 Å². The predicted molar refractivity (Wildman–Crippen MR) is 125 cm³/mol. The number of amides is 1. The quantitative estimate of drug-likeness (QED) is 0.441. The lowest BCUT2D eigenvalue weighted by molar-refractivity contribution is -0.129. The molecule has 0 bridgehead atoms. The molecule has 0 fully saturated rings. The van der Waals surface area contributed by atoms with Crippen molar-refractivity contribution in [3.05, 3.63) is 106 Å². The minimum absolute atomic E-state index is 0.0784. The van der Waals surface area contributed by atoms with E-state index in [1.807, 2.05) is 0 Å². The van der Waals surface area contributed by atoms with Crippen molar-refractivity contribution in [2.45, 2.75) is 26.0 Å². The van der Waals surface area contributed by atoms with Crippen molar-refractivity contribution in [3.8, 4) is 5.69 Å². The molecule has 0 spiro atoms. The molecular formula is C26H22FN3O4. The summed E-state index contributed by atoms with van der Waals surface area (Å²) < 4.78 is 19.7. The van der Waals surface area contributed by atoms with Crippen molar-refractivity contribution in [2.24, 2.45) is 0 Å². The average molecular weight is 459 g/mol. The van der Waals surface area contributed by atoms with E-state index in [0.717, 1.165) is 4.68 Å². The molecule has 1 aromatic heterocycles. The van der Waals surface area contributed by atoms with E-state index >= 15 is 0 Å². The minimum atomic E-state index is -1.13. The molecule has 1 N–H and O–H groups in total. The Bertz CT molecular complexity index is 1400. The molecule has 4 aromatic rings. The number of nitrogens with zero attached hydrogens (tertiary/aromatic N) is 2. The lowest BCUT2D eigenvalue weighted by Crippen LogP contribution is -2.37. The number of hydrogen-bond acceptors (Lipinski definition) is 5. The molecule has 1 heterocycles. The second-order valence-electron chi connectivity index (χ2n) is 7.78. The number of hydrogen-bond donors (Lipinski definition) is 1. The number of nitrogens with one attached hydrogen (secondary N) is 1. The maximum Gasteiger partial charge on any atom is 0.360 e.